The van der Waals surface area contributed by atoms with Gasteiger partial charge < -0.3 is 10.2 Å². The quantitative estimate of drug-likeness (QED) is 0.703. The minimum Gasteiger partial charge on any atom is -0.367 e. The van der Waals surface area contributed by atoms with Crippen LogP contribution >= 0.6 is 0 Å². The lowest BCUT2D eigenvalue weighted by Crippen LogP contribution is -2.44. The first kappa shape index (κ1) is 22.7. The highest BCUT2D eigenvalue weighted by molar-refractivity contribution is 5.76. The van der Waals surface area contributed by atoms with Crippen LogP contribution in [0.4, 0.5) is 19.0 Å². The normalized spacial score (nSPS) is 23.7. The van der Waals surface area contributed by atoms with Crippen molar-refractivity contribution < 1.29 is 18.0 Å². The van der Waals surface area contributed by atoms with Gasteiger partial charge in [0.1, 0.15) is 5.82 Å². The van der Waals surface area contributed by atoms with Crippen molar-refractivity contribution in [2.75, 3.05) is 18.4 Å². The van der Waals surface area contributed by atoms with Gasteiger partial charge in [0, 0.05) is 37.5 Å². The highest BCUT2D eigenvalue weighted by Gasteiger charge is 2.48. The van der Waals surface area contributed by atoms with Crippen molar-refractivity contribution >= 4 is 11.7 Å². The SMILES string of the molecule is CC(C)(C)[C@H]1C[C@H](C(F)(F)F)n2nc([C@@H]3CCN(C(=O)CCc4ccccc4)C3)cc2N1. The van der Waals surface area contributed by atoms with Gasteiger partial charge in [0.25, 0.3) is 0 Å². The minimum atomic E-state index is -4.36. The van der Waals surface area contributed by atoms with Crippen LogP contribution in [0.25, 0.3) is 0 Å². The zero-order valence-corrected chi connectivity index (χ0v) is 18.8. The molecule has 1 amide bonds. The Hall–Kier alpha value is -2.51. The second kappa shape index (κ2) is 8.45. The van der Waals surface area contributed by atoms with Gasteiger partial charge in [0.15, 0.2) is 6.04 Å². The van der Waals surface area contributed by atoms with E-state index in [0.29, 0.717) is 43.9 Å². The van der Waals surface area contributed by atoms with Crippen molar-refractivity contribution in [2.24, 2.45) is 5.41 Å². The summed E-state index contributed by atoms with van der Waals surface area (Å²) in [4.78, 5) is 14.5. The average molecular weight is 449 g/mol. The number of anilines is 1. The van der Waals surface area contributed by atoms with Crippen LogP contribution in [0, 0.1) is 5.41 Å². The van der Waals surface area contributed by atoms with E-state index in [1.807, 2.05) is 56.0 Å². The lowest BCUT2D eigenvalue weighted by atomic mass is 9.82. The standard InChI is InChI=1S/C24H31F3N4O/c1-23(2,3)19-14-20(24(25,26)27)31-21(28-19)13-18(29-31)17-11-12-30(15-17)22(32)10-9-16-7-5-4-6-8-16/h4-8,13,17,19-20,28H,9-12,14-15H2,1-3H3/t17-,19-,20-/m1/s1. The Morgan fingerprint density at radius 3 is 2.56 bits per heavy atom. The number of nitrogens with zero attached hydrogens (tertiary/aromatic N) is 3. The van der Waals surface area contributed by atoms with Crippen LogP contribution in [-0.4, -0.2) is 45.9 Å². The van der Waals surface area contributed by atoms with Crippen LogP contribution in [-0.2, 0) is 11.2 Å². The van der Waals surface area contributed by atoms with Gasteiger partial charge in [-0.3, -0.25) is 4.79 Å². The van der Waals surface area contributed by atoms with Gasteiger partial charge in [0.05, 0.1) is 5.69 Å². The zero-order valence-electron chi connectivity index (χ0n) is 18.8. The summed E-state index contributed by atoms with van der Waals surface area (Å²) in [5.74, 6) is 0.458. The fourth-order valence-electron chi connectivity index (χ4n) is 4.64. The molecule has 4 rings (SSSR count). The molecular formula is C24H31F3N4O. The number of carbonyl (C=O) groups excluding carboxylic acids is 1. The molecular weight excluding hydrogens is 417 g/mol. The summed E-state index contributed by atoms with van der Waals surface area (Å²) in [6.07, 6.45) is -2.58. The van der Waals surface area contributed by atoms with Gasteiger partial charge in [-0.05, 0) is 30.2 Å². The Kier molecular flexibility index (Phi) is 5.98. The lowest BCUT2D eigenvalue weighted by molar-refractivity contribution is -0.175. The summed E-state index contributed by atoms with van der Waals surface area (Å²) in [5, 5.41) is 7.66. The van der Waals surface area contributed by atoms with Crippen molar-refractivity contribution in [1.82, 2.24) is 14.7 Å². The predicted octanol–water partition coefficient (Wildman–Crippen LogP) is 5.17. The summed E-state index contributed by atoms with van der Waals surface area (Å²) in [6.45, 7) is 6.95. The molecule has 2 aromatic rings. The number of hydrogen-bond donors (Lipinski definition) is 1. The molecule has 174 valence electrons. The maximum atomic E-state index is 13.8. The molecule has 1 saturated heterocycles. The number of alkyl halides is 3. The number of fused-ring (bicyclic) bond motifs is 1. The summed E-state index contributed by atoms with van der Waals surface area (Å²) in [5.41, 5.74) is 1.44. The molecule has 2 aliphatic heterocycles. The fraction of sp³-hybridized carbons (Fsp3) is 0.583. The second-order valence-electron chi connectivity index (χ2n) is 10.1. The molecule has 32 heavy (non-hydrogen) atoms. The van der Waals surface area contributed by atoms with E-state index in [-0.39, 0.29) is 29.7 Å². The van der Waals surface area contributed by atoms with E-state index in [1.165, 1.54) is 0 Å². The molecule has 1 fully saturated rings. The minimum absolute atomic E-state index is 0.0439. The molecule has 2 aliphatic rings. The molecule has 0 spiro atoms. The van der Waals surface area contributed by atoms with Crippen molar-refractivity contribution in [3.8, 4) is 0 Å². The van der Waals surface area contributed by atoms with E-state index in [1.54, 1.807) is 6.07 Å². The van der Waals surface area contributed by atoms with Crippen molar-refractivity contribution in [1.29, 1.82) is 0 Å². The molecule has 0 saturated carbocycles. The third kappa shape index (κ3) is 4.79. The first-order chi connectivity index (χ1) is 15.0. The number of halogens is 3. The Morgan fingerprint density at radius 1 is 1.19 bits per heavy atom. The smallest absolute Gasteiger partial charge is 0.367 e. The molecule has 1 aromatic carbocycles. The van der Waals surface area contributed by atoms with Gasteiger partial charge in [-0.1, -0.05) is 51.1 Å². The maximum Gasteiger partial charge on any atom is 0.410 e. The zero-order chi connectivity index (χ0) is 23.1. The van der Waals surface area contributed by atoms with E-state index in [2.05, 4.69) is 10.4 Å². The second-order valence-corrected chi connectivity index (χ2v) is 10.1. The molecule has 3 atom stereocenters. The summed E-state index contributed by atoms with van der Waals surface area (Å²) < 4.78 is 42.6. The number of aryl methyl sites for hydroxylation is 1. The largest absolute Gasteiger partial charge is 0.410 e. The lowest BCUT2D eigenvalue weighted by Gasteiger charge is -2.39. The predicted molar refractivity (Wildman–Crippen MR) is 118 cm³/mol. The number of hydrogen-bond acceptors (Lipinski definition) is 3. The number of benzene rings is 1. The Bertz CT molecular complexity index is 948. The average Bonchev–Trinajstić information content (AvgIpc) is 3.37. The van der Waals surface area contributed by atoms with E-state index in [4.69, 9.17) is 0 Å². The van der Waals surface area contributed by atoms with Crippen LogP contribution < -0.4 is 5.32 Å². The van der Waals surface area contributed by atoms with Crippen LogP contribution in [0.2, 0.25) is 0 Å². The van der Waals surface area contributed by atoms with Gasteiger partial charge >= 0.3 is 6.18 Å². The highest BCUT2D eigenvalue weighted by atomic mass is 19.4. The Balaban J connectivity index is 1.45. The molecule has 3 heterocycles. The number of carbonyl (C=O) groups is 1. The maximum absolute atomic E-state index is 13.8. The molecule has 8 heteroatoms. The van der Waals surface area contributed by atoms with Gasteiger partial charge in [-0.2, -0.15) is 18.3 Å². The summed E-state index contributed by atoms with van der Waals surface area (Å²) in [6, 6.07) is 9.68. The van der Waals surface area contributed by atoms with Crippen LogP contribution in [0.15, 0.2) is 36.4 Å². The van der Waals surface area contributed by atoms with Crippen molar-refractivity contribution in [3.63, 3.8) is 0 Å². The van der Waals surface area contributed by atoms with Crippen LogP contribution in [0.5, 0.6) is 0 Å². The molecule has 0 unspecified atom stereocenters. The van der Waals surface area contributed by atoms with E-state index in [9.17, 15) is 18.0 Å². The molecule has 0 bridgehead atoms. The first-order valence-electron chi connectivity index (χ1n) is 11.3. The fourth-order valence-corrected chi connectivity index (χ4v) is 4.64. The van der Waals surface area contributed by atoms with E-state index in [0.717, 1.165) is 10.2 Å². The molecule has 0 radical (unpaired) electrons. The Labute approximate surface area is 187 Å². The molecule has 1 N–H and O–H groups in total. The number of likely N-dealkylation sites (tertiary alicyclic amines) is 1. The molecule has 0 aliphatic carbocycles. The third-order valence-corrected chi connectivity index (χ3v) is 6.68. The van der Waals surface area contributed by atoms with Crippen molar-refractivity contribution in [3.05, 3.63) is 47.7 Å². The summed E-state index contributed by atoms with van der Waals surface area (Å²) in [7, 11) is 0. The number of nitrogens with one attached hydrogen (secondary N) is 1. The first-order valence-corrected chi connectivity index (χ1v) is 11.3. The van der Waals surface area contributed by atoms with Crippen LogP contribution in [0.1, 0.15) is 63.3 Å². The van der Waals surface area contributed by atoms with E-state index < -0.39 is 12.2 Å². The van der Waals surface area contributed by atoms with Gasteiger partial charge in [0.2, 0.25) is 5.91 Å². The number of aromatic nitrogens is 2. The number of amides is 1. The van der Waals surface area contributed by atoms with Gasteiger partial charge in [-0.25, -0.2) is 4.68 Å². The van der Waals surface area contributed by atoms with Gasteiger partial charge in [-0.15, -0.1) is 0 Å². The monoisotopic (exact) mass is 448 g/mol. The topological polar surface area (TPSA) is 50.2 Å². The van der Waals surface area contributed by atoms with Crippen molar-refractivity contribution in [2.45, 2.75) is 70.6 Å². The highest BCUT2D eigenvalue weighted by Crippen LogP contribution is 2.44. The third-order valence-electron chi connectivity index (χ3n) is 6.68. The molecule has 1 aromatic heterocycles. The molecule has 5 nitrogen and oxygen atoms in total. The van der Waals surface area contributed by atoms with E-state index >= 15 is 0 Å². The summed E-state index contributed by atoms with van der Waals surface area (Å²) >= 11 is 0. The Morgan fingerprint density at radius 2 is 1.91 bits per heavy atom. The van der Waals surface area contributed by atoms with Crippen LogP contribution in [0.3, 0.4) is 0 Å². The number of rotatable bonds is 4.